The van der Waals surface area contributed by atoms with Gasteiger partial charge >= 0.3 is 5.97 Å². The highest BCUT2D eigenvalue weighted by Crippen LogP contribution is 2.31. The Hall–Kier alpha value is -1.81. The number of likely N-dealkylation sites (tertiary alicyclic amines) is 1. The SMILES string of the molecule is CCN1CCC(c2ccc3[nH]c(C)c(C(=O)O)c3c2)C1. The van der Waals surface area contributed by atoms with Crippen molar-refractivity contribution in [1.82, 2.24) is 9.88 Å². The predicted molar refractivity (Wildman–Crippen MR) is 79.5 cm³/mol. The first-order valence-corrected chi connectivity index (χ1v) is 7.18. The van der Waals surface area contributed by atoms with Crippen LogP contribution in [0.2, 0.25) is 0 Å². The van der Waals surface area contributed by atoms with Crippen LogP contribution in [0.4, 0.5) is 0 Å². The van der Waals surface area contributed by atoms with Crippen molar-refractivity contribution in [2.45, 2.75) is 26.2 Å². The van der Waals surface area contributed by atoms with Gasteiger partial charge in [0.25, 0.3) is 0 Å². The van der Waals surface area contributed by atoms with E-state index >= 15 is 0 Å². The van der Waals surface area contributed by atoms with E-state index in [9.17, 15) is 9.90 Å². The summed E-state index contributed by atoms with van der Waals surface area (Å²) in [6.07, 6.45) is 1.16. The van der Waals surface area contributed by atoms with E-state index in [1.165, 1.54) is 5.56 Å². The minimum atomic E-state index is -0.854. The Kier molecular flexibility index (Phi) is 3.26. The molecule has 1 aliphatic heterocycles. The molecule has 3 rings (SSSR count). The summed E-state index contributed by atoms with van der Waals surface area (Å²) in [7, 11) is 0. The van der Waals surface area contributed by atoms with E-state index in [-0.39, 0.29) is 0 Å². The molecule has 4 nitrogen and oxygen atoms in total. The van der Waals surface area contributed by atoms with Crippen LogP contribution in [-0.4, -0.2) is 40.6 Å². The fourth-order valence-corrected chi connectivity index (χ4v) is 3.27. The van der Waals surface area contributed by atoms with Crippen molar-refractivity contribution in [1.29, 1.82) is 0 Å². The number of carboxylic acids is 1. The molecule has 1 aromatic carbocycles. The third-order valence-corrected chi connectivity index (χ3v) is 4.41. The fraction of sp³-hybridized carbons (Fsp3) is 0.438. The van der Waals surface area contributed by atoms with Gasteiger partial charge in [0.05, 0.1) is 5.56 Å². The molecule has 4 heteroatoms. The van der Waals surface area contributed by atoms with Crippen molar-refractivity contribution >= 4 is 16.9 Å². The Morgan fingerprint density at radius 3 is 2.95 bits per heavy atom. The molecular weight excluding hydrogens is 252 g/mol. The lowest BCUT2D eigenvalue weighted by Crippen LogP contribution is -2.19. The van der Waals surface area contributed by atoms with Crippen LogP contribution in [0.5, 0.6) is 0 Å². The van der Waals surface area contributed by atoms with Gasteiger partial charge in [0, 0.05) is 23.1 Å². The topological polar surface area (TPSA) is 56.3 Å². The molecule has 2 heterocycles. The fourth-order valence-electron chi connectivity index (χ4n) is 3.27. The summed E-state index contributed by atoms with van der Waals surface area (Å²) in [5.41, 5.74) is 3.31. The Morgan fingerprint density at radius 1 is 1.50 bits per heavy atom. The lowest BCUT2D eigenvalue weighted by molar-refractivity contribution is 0.0698. The van der Waals surface area contributed by atoms with Crippen LogP contribution in [0.25, 0.3) is 10.9 Å². The number of fused-ring (bicyclic) bond motifs is 1. The summed E-state index contributed by atoms with van der Waals surface area (Å²) >= 11 is 0. The van der Waals surface area contributed by atoms with E-state index in [0.29, 0.717) is 11.5 Å². The molecule has 0 spiro atoms. The van der Waals surface area contributed by atoms with Crippen molar-refractivity contribution in [2.24, 2.45) is 0 Å². The predicted octanol–water partition coefficient (Wildman–Crippen LogP) is 2.98. The summed E-state index contributed by atoms with van der Waals surface area (Å²) < 4.78 is 0. The number of aromatic carboxylic acids is 1. The second kappa shape index (κ2) is 4.94. The summed E-state index contributed by atoms with van der Waals surface area (Å²) in [5.74, 6) is -0.330. The number of carbonyl (C=O) groups is 1. The minimum absolute atomic E-state index is 0.409. The molecule has 1 atom stereocenters. The number of benzene rings is 1. The molecule has 1 fully saturated rings. The summed E-state index contributed by atoms with van der Waals surface area (Å²) in [6, 6.07) is 6.21. The Morgan fingerprint density at radius 2 is 2.30 bits per heavy atom. The highest BCUT2D eigenvalue weighted by molar-refractivity contribution is 6.04. The van der Waals surface area contributed by atoms with Gasteiger partial charge in [-0.1, -0.05) is 13.0 Å². The summed E-state index contributed by atoms with van der Waals surface area (Å²) in [6.45, 7) is 7.30. The molecule has 0 radical (unpaired) electrons. The zero-order valence-electron chi connectivity index (χ0n) is 11.9. The first-order valence-electron chi connectivity index (χ1n) is 7.18. The number of rotatable bonds is 3. The van der Waals surface area contributed by atoms with Crippen molar-refractivity contribution in [3.05, 3.63) is 35.0 Å². The van der Waals surface area contributed by atoms with Gasteiger partial charge < -0.3 is 15.0 Å². The zero-order valence-corrected chi connectivity index (χ0v) is 11.9. The van der Waals surface area contributed by atoms with Crippen molar-refractivity contribution < 1.29 is 9.90 Å². The van der Waals surface area contributed by atoms with Gasteiger partial charge in [-0.05, 0) is 50.0 Å². The van der Waals surface area contributed by atoms with Crippen LogP contribution in [-0.2, 0) is 0 Å². The number of nitrogens with one attached hydrogen (secondary N) is 1. The Bertz CT molecular complexity index is 660. The van der Waals surface area contributed by atoms with Gasteiger partial charge in [0.15, 0.2) is 0 Å². The first kappa shape index (κ1) is 13.2. The quantitative estimate of drug-likeness (QED) is 0.903. The molecular formula is C16H20N2O2. The number of hydrogen-bond acceptors (Lipinski definition) is 2. The number of carboxylic acid groups (broad SMARTS) is 1. The van der Waals surface area contributed by atoms with E-state index < -0.39 is 5.97 Å². The molecule has 1 saturated heterocycles. The maximum Gasteiger partial charge on any atom is 0.338 e. The molecule has 0 bridgehead atoms. The molecule has 0 amide bonds. The molecule has 106 valence electrons. The Labute approximate surface area is 118 Å². The lowest BCUT2D eigenvalue weighted by Gasteiger charge is -2.13. The van der Waals surface area contributed by atoms with Crippen molar-refractivity contribution in [3.8, 4) is 0 Å². The summed E-state index contributed by atoms with van der Waals surface area (Å²) in [5, 5.41) is 10.2. The largest absolute Gasteiger partial charge is 0.478 e. The standard InChI is InChI=1S/C16H20N2O2/c1-3-18-7-6-12(9-18)11-4-5-14-13(8-11)15(16(19)20)10(2)17-14/h4-5,8,12,17H,3,6-7,9H2,1-2H3,(H,19,20). The number of aromatic amines is 1. The van der Waals surface area contributed by atoms with Crippen LogP contribution in [0.1, 0.15) is 40.9 Å². The molecule has 2 aromatic rings. The highest BCUT2D eigenvalue weighted by Gasteiger charge is 2.24. The number of aryl methyl sites for hydroxylation is 1. The van der Waals surface area contributed by atoms with E-state index in [0.717, 1.165) is 42.7 Å². The third-order valence-electron chi connectivity index (χ3n) is 4.41. The molecule has 0 aliphatic carbocycles. The molecule has 20 heavy (non-hydrogen) atoms. The normalized spacial score (nSPS) is 19.8. The molecule has 1 aromatic heterocycles. The first-order chi connectivity index (χ1) is 9.60. The smallest absolute Gasteiger partial charge is 0.338 e. The molecule has 2 N–H and O–H groups in total. The maximum atomic E-state index is 11.4. The van der Waals surface area contributed by atoms with E-state index in [2.05, 4.69) is 28.9 Å². The minimum Gasteiger partial charge on any atom is -0.478 e. The molecule has 1 unspecified atom stereocenters. The number of hydrogen-bond donors (Lipinski definition) is 2. The van der Waals surface area contributed by atoms with Crippen LogP contribution < -0.4 is 0 Å². The third kappa shape index (κ3) is 2.10. The van der Waals surface area contributed by atoms with Gasteiger partial charge in [0.1, 0.15) is 0 Å². The maximum absolute atomic E-state index is 11.4. The second-order valence-corrected chi connectivity index (χ2v) is 5.61. The Balaban J connectivity index is 2.02. The highest BCUT2D eigenvalue weighted by atomic mass is 16.4. The van der Waals surface area contributed by atoms with Gasteiger partial charge in [-0.25, -0.2) is 4.79 Å². The monoisotopic (exact) mass is 272 g/mol. The van der Waals surface area contributed by atoms with Gasteiger partial charge in [-0.15, -0.1) is 0 Å². The summed E-state index contributed by atoms with van der Waals surface area (Å²) in [4.78, 5) is 17.0. The van der Waals surface area contributed by atoms with Crippen LogP contribution in [0.3, 0.4) is 0 Å². The zero-order chi connectivity index (χ0) is 14.3. The van der Waals surface area contributed by atoms with Crippen molar-refractivity contribution in [2.75, 3.05) is 19.6 Å². The van der Waals surface area contributed by atoms with Gasteiger partial charge in [-0.3, -0.25) is 0 Å². The van der Waals surface area contributed by atoms with Crippen LogP contribution in [0, 0.1) is 6.92 Å². The van der Waals surface area contributed by atoms with E-state index in [4.69, 9.17) is 0 Å². The van der Waals surface area contributed by atoms with Crippen molar-refractivity contribution in [3.63, 3.8) is 0 Å². The number of H-pyrrole nitrogens is 1. The number of nitrogens with zero attached hydrogens (tertiary/aromatic N) is 1. The van der Waals surface area contributed by atoms with Gasteiger partial charge in [0.2, 0.25) is 0 Å². The van der Waals surface area contributed by atoms with Crippen LogP contribution in [0.15, 0.2) is 18.2 Å². The number of likely N-dealkylation sites (N-methyl/N-ethyl adjacent to an activating group) is 1. The van der Waals surface area contributed by atoms with Crippen LogP contribution >= 0.6 is 0 Å². The molecule has 1 aliphatic rings. The van der Waals surface area contributed by atoms with E-state index in [1.54, 1.807) is 0 Å². The van der Waals surface area contributed by atoms with Gasteiger partial charge in [-0.2, -0.15) is 0 Å². The lowest BCUT2D eigenvalue weighted by atomic mass is 9.96. The number of aromatic nitrogens is 1. The average Bonchev–Trinajstić information content (AvgIpc) is 3.00. The molecule has 0 saturated carbocycles. The van der Waals surface area contributed by atoms with E-state index in [1.807, 2.05) is 13.0 Å². The second-order valence-electron chi connectivity index (χ2n) is 5.61. The average molecular weight is 272 g/mol.